The van der Waals surface area contributed by atoms with Gasteiger partial charge < -0.3 is 4.74 Å². The first-order chi connectivity index (χ1) is 4.74. The van der Waals surface area contributed by atoms with Crippen LogP contribution in [0.3, 0.4) is 0 Å². The van der Waals surface area contributed by atoms with E-state index < -0.39 is 6.09 Å². The molecular weight excluding hydrogens is 188 g/mol. The van der Waals surface area contributed by atoms with E-state index in [2.05, 4.69) is 0 Å². The number of rotatable bonds is 2. The molecule has 0 unspecified atom stereocenters. The highest BCUT2D eigenvalue weighted by molar-refractivity contribution is 7.98. The molecule has 1 fully saturated rings. The van der Waals surface area contributed by atoms with E-state index in [0.717, 1.165) is 10.8 Å². The molecule has 0 spiro atoms. The van der Waals surface area contributed by atoms with Crippen molar-refractivity contribution >= 4 is 30.3 Å². The van der Waals surface area contributed by atoms with Crippen molar-refractivity contribution in [3.8, 4) is 0 Å². The summed E-state index contributed by atoms with van der Waals surface area (Å²) in [6.45, 7) is 0.514. The minimum absolute atomic E-state index is 0. The zero-order valence-electron chi connectivity index (χ0n) is 6.15. The molecule has 1 aliphatic rings. The molecule has 1 saturated heterocycles. The van der Waals surface area contributed by atoms with E-state index in [1.54, 1.807) is 11.8 Å². The Morgan fingerprint density at radius 1 is 1.91 bits per heavy atom. The summed E-state index contributed by atoms with van der Waals surface area (Å²) in [4.78, 5) is 10.6. The number of ether oxygens (including phenoxy) is 1. The summed E-state index contributed by atoms with van der Waals surface area (Å²) in [7, 11) is 0. The molecule has 0 aromatic rings. The van der Waals surface area contributed by atoms with Crippen molar-refractivity contribution in [3.63, 3.8) is 0 Å². The maximum atomic E-state index is 10.6. The molecule has 66 valence electrons. The van der Waals surface area contributed by atoms with Gasteiger partial charge in [-0.05, 0) is 6.26 Å². The molecule has 0 aromatic heterocycles. The number of hydrogen-bond donors (Lipinski definition) is 1. The third-order valence-corrected chi connectivity index (χ3v) is 1.96. The smallest absolute Gasteiger partial charge is 0.424 e. The summed E-state index contributed by atoms with van der Waals surface area (Å²) >= 11 is 1.64. The van der Waals surface area contributed by atoms with Crippen LogP contribution in [-0.2, 0) is 4.74 Å². The predicted octanol–water partition coefficient (Wildman–Crippen LogP) is 0.466. The number of nitrogens with two attached hydrogens (primary N) is 1. The van der Waals surface area contributed by atoms with Gasteiger partial charge in [-0.15, -0.1) is 12.4 Å². The largest absolute Gasteiger partial charge is 0.442 e. The molecular formula is C5H11ClN2O2S. The molecule has 0 aliphatic carbocycles. The van der Waals surface area contributed by atoms with Gasteiger partial charge in [0.15, 0.2) is 0 Å². The molecule has 1 amide bonds. The standard InChI is InChI=1S/C5H10N2O2S.ClH/c1-10-3-4-2-7(6)5(8)9-4;/h4H,2-3,6H2,1H3;1H/t4-;/m0./s1. The van der Waals surface area contributed by atoms with Gasteiger partial charge in [-0.3, -0.25) is 0 Å². The van der Waals surface area contributed by atoms with Crippen LogP contribution >= 0.6 is 24.2 Å². The topological polar surface area (TPSA) is 55.6 Å². The fourth-order valence-electron chi connectivity index (χ4n) is 0.814. The normalized spacial score (nSPS) is 22.9. The molecule has 0 saturated carbocycles. The molecule has 4 nitrogen and oxygen atoms in total. The van der Waals surface area contributed by atoms with Crippen molar-refractivity contribution in [1.29, 1.82) is 0 Å². The van der Waals surface area contributed by atoms with Gasteiger partial charge >= 0.3 is 6.09 Å². The monoisotopic (exact) mass is 198 g/mol. The Morgan fingerprint density at radius 2 is 2.55 bits per heavy atom. The highest BCUT2D eigenvalue weighted by atomic mass is 35.5. The maximum absolute atomic E-state index is 10.6. The fourth-order valence-corrected chi connectivity index (χ4v) is 1.36. The first kappa shape index (κ1) is 10.9. The van der Waals surface area contributed by atoms with Crippen LogP contribution in [0.1, 0.15) is 0 Å². The van der Waals surface area contributed by atoms with Crippen LogP contribution in [-0.4, -0.2) is 35.8 Å². The Balaban J connectivity index is 0.000001000. The summed E-state index contributed by atoms with van der Waals surface area (Å²) in [6, 6.07) is 0. The predicted molar refractivity (Wildman–Crippen MR) is 46.8 cm³/mol. The minimum atomic E-state index is -0.418. The third kappa shape index (κ3) is 2.76. The first-order valence-electron chi connectivity index (χ1n) is 2.96. The van der Waals surface area contributed by atoms with E-state index in [0.29, 0.717) is 6.54 Å². The zero-order valence-corrected chi connectivity index (χ0v) is 7.78. The molecule has 11 heavy (non-hydrogen) atoms. The Hall–Kier alpha value is -0.130. The van der Waals surface area contributed by atoms with Crippen molar-refractivity contribution in [2.75, 3.05) is 18.6 Å². The molecule has 1 atom stereocenters. The summed E-state index contributed by atoms with van der Waals surface area (Å²) < 4.78 is 4.86. The lowest BCUT2D eigenvalue weighted by Crippen LogP contribution is -2.32. The van der Waals surface area contributed by atoms with Gasteiger partial charge in [0.2, 0.25) is 0 Å². The van der Waals surface area contributed by atoms with Gasteiger partial charge in [0.25, 0.3) is 0 Å². The van der Waals surface area contributed by atoms with E-state index in [9.17, 15) is 4.79 Å². The second-order valence-electron chi connectivity index (χ2n) is 2.11. The highest BCUT2D eigenvalue weighted by Crippen LogP contribution is 2.10. The number of carbonyl (C=O) groups is 1. The second-order valence-corrected chi connectivity index (χ2v) is 3.02. The third-order valence-electron chi connectivity index (χ3n) is 1.25. The SMILES string of the molecule is CSC[C@@H]1CN(N)C(=O)O1.Cl. The minimum Gasteiger partial charge on any atom is -0.442 e. The Kier molecular flexibility index (Phi) is 4.63. The van der Waals surface area contributed by atoms with Crippen molar-refractivity contribution in [1.82, 2.24) is 5.01 Å². The van der Waals surface area contributed by atoms with Crippen LogP contribution in [0.15, 0.2) is 0 Å². The van der Waals surface area contributed by atoms with E-state index in [1.165, 1.54) is 0 Å². The van der Waals surface area contributed by atoms with Gasteiger partial charge in [-0.2, -0.15) is 11.8 Å². The summed E-state index contributed by atoms with van der Waals surface area (Å²) in [6.07, 6.45) is 1.53. The van der Waals surface area contributed by atoms with Gasteiger partial charge in [0, 0.05) is 5.75 Å². The number of nitrogens with zero attached hydrogens (tertiary/aromatic N) is 1. The summed E-state index contributed by atoms with van der Waals surface area (Å²) in [5, 5.41) is 1.10. The number of hydrogen-bond acceptors (Lipinski definition) is 4. The van der Waals surface area contributed by atoms with Crippen LogP contribution in [0.4, 0.5) is 4.79 Å². The number of cyclic esters (lactones) is 1. The molecule has 1 heterocycles. The van der Waals surface area contributed by atoms with Crippen molar-refractivity contribution in [2.45, 2.75) is 6.10 Å². The van der Waals surface area contributed by atoms with Crippen LogP contribution in [0.25, 0.3) is 0 Å². The molecule has 0 radical (unpaired) electrons. The molecule has 0 aromatic carbocycles. The Morgan fingerprint density at radius 3 is 2.91 bits per heavy atom. The molecule has 1 aliphatic heterocycles. The fraction of sp³-hybridized carbons (Fsp3) is 0.800. The van der Waals surface area contributed by atoms with Crippen LogP contribution in [0.2, 0.25) is 0 Å². The lowest BCUT2D eigenvalue weighted by molar-refractivity contribution is 0.140. The molecule has 2 N–H and O–H groups in total. The van der Waals surface area contributed by atoms with Crippen LogP contribution in [0, 0.1) is 0 Å². The number of thioether (sulfide) groups is 1. The lowest BCUT2D eigenvalue weighted by atomic mass is 10.4. The van der Waals surface area contributed by atoms with Crippen molar-refractivity contribution < 1.29 is 9.53 Å². The number of halogens is 1. The molecule has 0 bridgehead atoms. The maximum Gasteiger partial charge on any atom is 0.424 e. The van der Waals surface area contributed by atoms with Crippen molar-refractivity contribution in [3.05, 3.63) is 0 Å². The number of carbonyl (C=O) groups excluding carboxylic acids is 1. The average molecular weight is 199 g/mol. The van der Waals surface area contributed by atoms with Gasteiger partial charge in [-0.1, -0.05) is 0 Å². The van der Waals surface area contributed by atoms with E-state index in [1.807, 2.05) is 6.26 Å². The van der Waals surface area contributed by atoms with Gasteiger partial charge in [0.1, 0.15) is 6.10 Å². The van der Waals surface area contributed by atoms with E-state index in [4.69, 9.17) is 10.6 Å². The zero-order chi connectivity index (χ0) is 7.56. The van der Waals surface area contributed by atoms with Crippen LogP contribution in [0.5, 0.6) is 0 Å². The Labute approximate surface area is 75.8 Å². The highest BCUT2D eigenvalue weighted by Gasteiger charge is 2.28. The van der Waals surface area contributed by atoms with E-state index >= 15 is 0 Å². The van der Waals surface area contributed by atoms with Gasteiger partial charge in [-0.25, -0.2) is 15.6 Å². The molecule has 6 heteroatoms. The lowest BCUT2D eigenvalue weighted by Gasteiger charge is -2.03. The summed E-state index contributed by atoms with van der Waals surface area (Å²) in [5.41, 5.74) is 0. The summed E-state index contributed by atoms with van der Waals surface area (Å²) in [5.74, 6) is 6.07. The van der Waals surface area contributed by atoms with Crippen molar-refractivity contribution in [2.24, 2.45) is 5.84 Å². The number of amides is 1. The second kappa shape index (κ2) is 4.69. The van der Waals surface area contributed by atoms with E-state index in [-0.39, 0.29) is 18.5 Å². The first-order valence-corrected chi connectivity index (χ1v) is 4.35. The number of hydrazine groups is 1. The average Bonchev–Trinajstić information content (AvgIpc) is 2.14. The van der Waals surface area contributed by atoms with Crippen LogP contribution < -0.4 is 5.84 Å². The molecule has 1 rings (SSSR count). The quantitative estimate of drug-likeness (QED) is 0.518. The Bertz CT molecular complexity index is 146. The van der Waals surface area contributed by atoms with Gasteiger partial charge in [0.05, 0.1) is 6.54 Å².